The molecule has 0 atom stereocenters. The Bertz CT molecular complexity index is 232. The van der Waals surface area contributed by atoms with Gasteiger partial charge in [-0.05, 0) is 12.1 Å². The van der Waals surface area contributed by atoms with Crippen LogP contribution in [0.4, 0.5) is 0 Å². The van der Waals surface area contributed by atoms with Gasteiger partial charge in [-0.2, -0.15) is 5.26 Å². The summed E-state index contributed by atoms with van der Waals surface area (Å²) in [5, 5.41) is 18.7. The van der Waals surface area contributed by atoms with E-state index in [-0.39, 0.29) is 5.75 Å². The first-order chi connectivity index (χ1) is 4.33. The van der Waals surface area contributed by atoms with Crippen LogP contribution in [0.2, 0.25) is 0 Å². The van der Waals surface area contributed by atoms with Crippen molar-refractivity contribution in [2.75, 3.05) is 0 Å². The monoisotopic (exact) mass is 118 g/mol. The highest BCUT2D eigenvalue weighted by Gasteiger charge is 1.81. The summed E-state index contributed by atoms with van der Waals surface area (Å²) in [5.74, 6) is -0.0611. The van der Waals surface area contributed by atoms with E-state index in [1.54, 1.807) is 0 Å². The summed E-state index contributed by atoms with van der Waals surface area (Å²) >= 11 is 0. The molecule has 0 spiro atoms. The van der Waals surface area contributed by atoms with Gasteiger partial charge < -0.3 is 5.11 Å². The Kier molecular flexibility index (Phi) is 1.37. The molecule has 2 nitrogen and oxygen atoms in total. The fourth-order valence-electron chi connectivity index (χ4n) is 0.529. The number of hydrogen-bond donors (Lipinski definition) is 0. The van der Waals surface area contributed by atoms with Gasteiger partial charge in [-0.1, -0.05) is 12.1 Å². The van der Waals surface area contributed by atoms with Crippen molar-refractivity contribution >= 4 is 0 Å². The second kappa shape index (κ2) is 2.19. The summed E-state index contributed by atoms with van der Waals surface area (Å²) < 4.78 is 0. The lowest BCUT2D eigenvalue weighted by atomic mass is 10.2. The fraction of sp³-hybridized carbons (Fsp3) is 0. The predicted octanol–water partition coefficient (Wildman–Crippen LogP) is 0.632. The van der Waals surface area contributed by atoms with E-state index >= 15 is 0 Å². The van der Waals surface area contributed by atoms with E-state index < -0.39 is 0 Å². The second-order valence-electron chi connectivity index (χ2n) is 1.64. The molecule has 0 aliphatic heterocycles. The van der Waals surface area contributed by atoms with Crippen molar-refractivity contribution < 1.29 is 5.11 Å². The van der Waals surface area contributed by atoms with Crippen molar-refractivity contribution in [3.63, 3.8) is 0 Å². The third-order valence-electron chi connectivity index (χ3n) is 0.983. The van der Waals surface area contributed by atoms with E-state index in [1.165, 1.54) is 24.3 Å². The van der Waals surface area contributed by atoms with Crippen molar-refractivity contribution in [2.45, 2.75) is 0 Å². The number of rotatable bonds is 0. The average Bonchev–Trinajstić information content (AvgIpc) is 1.90. The Hall–Kier alpha value is -1.49. The van der Waals surface area contributed by atoms with Gasteiger partial charge >= 0.3 is 0 Å². The third-order valence-corrected chi connectivity index (χ3v) is 0.983. The molecule has 1 rings (SSSR count). The van der Waals surface area contributed by atoms with E-state index in [2.05, 4.69) is 0 Å². The van der Waals surface area contributed by atoms with E-state index in [0.29, 0.717) is 5.56 Å². The lowest BCUT2D eigenvalue weighted by Gasteiger charge is -2.00. The number of hydrogen-bond acceptors (Lipinski definition) is 2. The van der Waals surface area contributed by atoms with Crippen LogP contribution >= 0.6 is 0 Å². The van der Waals surface area contributed by atoms with Gasteiger partial charge in [0.05, 0.1) is 11.6 Å². The number of benzene rings is 1. The summed E-state index contributed by atoms with van der Waals surface area (Å²) in [4.78, 5) is 0. The lowest BCUT2D eigenvalue weighted by Crippen LogP contribution is -1.87. The normalized spacial score (nSPS) is 8.33. The topological polar surface area (TPSA) is 46.8 Å². The van der Waals surface area contributed by atoms with Gasteiger partial charge in [0.25, 0.3) is 0 Å². The smallest absolute Gasteiger partial charge is 0.0991 e. The summed E-state index contributed by atoms with van der Waals surface area (Å²) in [7, 11) is 0. The fourth-order valence-corrected chi connectivity index (χ4v) is 0.529. The Labute approximate surface area is 53.0 Å². The lowest BCUT2D eigenvalue weighted by molar-refractivity contribution is -0.268. The molecular weight excluding hydrogens is 114 g/mol. The first kappa shape index (κ1) is 5.64. The van der Waals surface area contributed by atoms with Crippen molar-refractivity contribution in [2.24, 2.45) is 0 Å². The molecule has 9 heavy (non-hydrogen) atoms. The van der Waals surface area contributed by atoms with Crippen molar-refractivity contribution in [3.05, 3.63) is 29.8 Å². The maximum absolute atomic E-state index is 10.4. The van der Waals surface area contributed by atoms with Crippen LogP contribution < -0.4 is 5.11 Å². The Morgan fingerprint density at radius 1 is 1.22 bits per heavy atom. The van der Waals surface area contributed by atoms with Crippen LogP contribution in [0.1, 0.15) is 5.56 Å². The van der Waals surface area contributed by atoms with Gasteiger partial charge in [0, 0.05) is 0 Å². The predicted molar refractivity (Wildman–Crippen MR) is 30.6 cm³/mol. The molecule has 2 heteroatoms. The van der Waals surface area contributed by atoms with Gasteiger partial charge in [0.1, 0.15) is 0 Å². The Morgan fingerprint density at radius 2 is 1.78 bits per heavy atom. The van der Waals surface area contributed by atoms with Crippen molar-refractivity contribution in [3.8, 4) is 11.8 Å². The Balaban J connectivity index is 3.06. The molecule has 0 unspecified atom stereocenters. The highest BCUT2D eigenvalue weighted by atomic mass is 16.3. The molecular formula is C7H4NO-. The number of nitrogens with zero attached hydrogens (tertiary/aromatic N) is 1. The van der Waals surface area contributed by atoms with Crippen LogP contribution in [-0.2, 0) is 0 Å². The molecule has 0 fully saturated rings. The summed E-state index contributed by atoms with van der Waals surface area (Å²) in [6, 6.07) is 7.67. The van der Waals surface area contributed by atoms with Crippen LogP contribution in [0.5, 0.6) is 5.75 Å². The molecule has 1 aromatic carbocycles. The van der Waals surface area contributed by atoms with Crippen molar-refractivity contribution in [1.29, 1.82) is 5.26 Å². The Morgan fingerprint density at radius 3 is 2.22 bits per heavy atom. The molecule has 0 saturated carbocycles. The van der Waals surface area contributed by atoms with Crippen LogP contribution in [0, 0.1) is 11.3 Å². The molecule has 0 aromatic heterocycles. The molecule has 0 heterocycles. The van der Waals surface area contributed by atoms with Gasteiger partial charge in [-0.25, -0.2) is 0 Å². The van der Waals surface area contributed by atoms with Gasteiger partial charge in [-0.15, -0.1) is 5.75 Å². The minimum absolute atomic E-state index is 0.0611. The molecule has 44 valence electrons. The van der Waals surface area contributed by atoms with Gasteiger partial charge in [0.2, 0.25) is 0 Å². The first-order valence-electron chi connectivity index (χ1n) is 2.50. The maximum atomic E-state index is 10.4. The zero-order valence-corrected chi connectivity index (χ0v) is 4.66. The van der Waals surface area contributed by atoms with Crippen LogP contribution in [-0.4, -0.2) is 0 Å². The standard InChI is InChI=1S/C7H5NO/c8-5-6-1-3-7(9)4-2-6/h1-4,9H/p-1. The molecule has 0 aliphatic carbocycles. The van der Waals surface area contributed by atoms with Crippen molar-refractivity contribution in [1.82, 2.24) is 0 Å². The molecule has 1 aromatic rings. The van der Waals surface area contributed by atoms with Gasteiger partial charge in [0.15, 0.2) is 0 Å². The van der Waals surface area contributed by atoms with Crippen LogP contribution in [0.15, 0.2) is 24.3 Å². The highest BCUT2D eigenvalue weighted by molar-refractivity contribution is 5.32. The van der Waals surface area contributed by atoms with E-state index in [0.717, 1.165) is 0 Å². The SMILES string of the molecule is N#Cc1ccc([O-])cc1. The molecule has 0 amide bonds. The minimum Gasteiger partial charge on any atom is -0.872 e. The average molecular weight is 118 g/mol. The second-order valence-corrected chi connectivity index (χ2v) is 1.64. The zero-order valence-electron chi connectivity index (χ0n) is 4.66. The zero-order chi connectivity index (χ0) is 6.69. The molecule has 0 aliphatic rings. The maximum Gasteiger partial charge on any atom is 0.0991 e. The minimum atomic E-state index is -0.0611. The summed E-state index contributed by atoms with van der Waals surface area (Å²) in [5.41, 5.74) is 0.523. The molecule has 0 bridgehead atoms. The molecule has 0 saturated heterocycles. The van der Waals surface area contributed by atoms with E-state index in [4.69, 9.17) is 5.26 Å². The van der Waals surface area contributed by atoms with Gasteiger partial charge in [-0.3, -0.25) is 0 Å². The van der Waals surface area contributed by atoms with Crippen LogP contribution in [0.3, 0.4) is 0 Å². The first-order valence-corrected chi connectivity index (χ1v) is 2.50. The molecule has 0 N–H and O–H groups in total. The largest absolute Gasteiger partial charge is 0.872 e. The summed E-state index contributed by atoms with van der Waals surface area (Å²) in [6.45, 7) is 0. The third kappa shape index (κ3) is 1.20. The van der Waals surface area contributed by atoms with Crippen LogP contribution in [0.25, 0.3) is 0 Å². The quantitative estimate of drug-likeness (QED) is 0.501. The summed E-state index contributed by atoms with van der Waals surface area (Å²) in [6.07, 6.45) is 0. The molecule has 0 radical (unpaired) electrons. The highest BCUT2D eigenvalue weighted by Crippen LogP contribution is 2.04. The van der Waals surface area contributed by atoms with E-state index in [1.807, 2.05) is 6.07 Å². The van der Waals surface area contributed by atoms with E-state index in [9.17, 15) is 5.11 Å². The number of nitriles is 1.